The number of thiophene rings is 1. The number of hydrogen-bond donors (Lipinski definition) is 0. The summed E-state index contributed by atoms with van der Waals surface area (Å²) in [7, 11) is 3.21. The van der Waals surface area contributed by atoms with Crippen molar-refractivity contribution >= 4 is 23.2 Å². The summed E-state index contributed by atoms with van der Waals surface area (Å²) in [5, 5.41) is 0. The molecule has 1 aromatic carbocycles. The number of ether oxygens (including phenoxy) is 3. The topological polar surface area (TPSA) is 65.1 Å². The van der Waals surface area contributed by atoms with Crippen LogP contribution in [0, 0.1) is 0 Å². The zero-order valence-electron chi connectivity index (χ0n) is 18.2. The Kier molecular flexibility index (Phi) is 6.80. The smallest absolute Gasteiger partial charge is 0.348 e. The average Bonchev–Trinajstić information content (AvgIpc) is 3.17. The van der Waals surface area contributed by atoms with Crippen molar-refractivity contribution in [2.75, 3.05) is 27.4 Å². The molecule has 0 unspecified atom stereocenters. The van der Waals surface area contributed by atoms with Crippen LogP contribution in [0.15, 0.2) is 18.2 Å². The number of methoxy groups -OCH3 is 2. The fourth-order valence-electron chi connectivity index (χ4n) is 4.33. The molecule has 7 heteroatoms. The number of aryl methyl sites for hydroxylation is 2. The lowest BCUT2D eigenvalue weighted by atomic mass is 9.99. The monoisotopic (exact) mass is 443 g/mol. The summed E-state index contributed by atoms with van der Waals surface area (Å²) in [4.78, 5) is 28.9. The van der Waals surface area contributed by atoms with Crippen LogP contribution in [0.4, 0.5) is 0 Å². The van der Waals surface area contributed by atoms with Crippen LogP contribution in [0.1, 0.15) is 56.9 Å². The van der Waals surface area contributed by atoms with Gasteiger partial charge in [-0.2, -0.15) is 0 Å². The predicted octanol–water partition coefficient (Wildman–Crippen LogP) is 4.17. The summed E-state index contributed by atoms with van der Waals surface area (Å²) in [5.41, 5.74) is 3.45. The first kappa shape index (κ1) is 21.7. The number of nitrogens with zero attached hydrogens (tertiary/aromatic N) is 1. The lowest BCUT2D eigenvalue weighted by Gasteiger charge is -2.29. The molecule has 0 saturated heterocycles. The fourth-order valence-corrected chi connectivity index (χ4v) is 5.48. The first-order chi connectivity index (χ1) is 15.1. The van der Waals surface area contributed by atoms with Gasteiger partial charge in [-0.15, -0.1) is 11.3 Å². The zero-order valence-corrected chi connectivity index (χ0v) is 19.0. The number of benzene rings is 1. The standard InChI is InChI=1S/C24H29NO5S/c1-28-19-11-16-9-10-25(14-18(16)12-20(19)29-2)23(26)15-30-24(27)22-13-17-7-5-3-4-6-8-21(17)31-22/h11-13H,3-10,14-15H2,1-2H3. The molecule has 1 aliphatic carbocycles. The van der Waals surface area contributed by atoms with Gasteiger partial charge in [-0.05, 0) is 67.0 Å². The molecular weight excluding hydrogens is 414 g/mol. The molecule has 4 rings (SSSR count). The van der Waals surface area contributed by atoms with E-state index in [1.807, 2.05) is 18.2 Å². The quantitative estimate of drug-likeness (QED) is 0.649. The van der Waals surface area contributed by atoms with Crippen LogP contribution in [0.5, 0.6) is 11.5 Å². The van der Waals surface area contributed by atoms with E-state index in [2.05, 4.69) is 0 Å². The lowest BCUT2D eigenvalue weighted by Crippen LogP contribution is -2.38. The molecule has 2 heterocycles. The maximum atomic E-state index is 12.7. The number of fused-ring (bicyclic) bond motifs is 2. The minimum Gasteiger partial charge on any atom is -0.493 e. The number of esters is 1. The second-order valence-electron chi connectivity index (χ2n) is 8.09. The third-order valence-corrected chi connectivity index (χ3v) is 7.31. The molecule has 0 radical (unpaired) electrons. The van der Waals surface area contributed by atoms with E-state index in [4.69, 9.17) is 14.2 Å². The first-order valence-electron chi connectivity index (χ1n) is 10.9. The van der Waals surface area contributed by atoms with Crippen LogP contribution in [0.2, 0.25) is 0 Å². The van der Waals surface area contributed by atoms with Crippen LogP contribution < -0.4 is 9.47 Å². The van der Waals surface area contributed by atoms with E-state index < -0.39 is 5.97 Å². The Morgan fingerprint density at radius 1 is 0.903 bits per heavy atom. The van der Waals surface area contributed by atoms with Crippen molar-refractivity contribution < 1.29 is 23.8 Å². The Morgan fingerprint density at radius 2 is 1.61 bits per heavy atom. The zero-order chi connectivity index (χ0) is 21.8. The van der Waals surface area contributed by atoms with Crippen molar-refractivity contribution in [3.8, 4) is 11.5 Å². The van der Waals surface area contributed by atoms with E-state index in [0.717, 1.165) is 30.4 Å². The van der Waals surface area contributed by atoms with Gasteiger partial charge in [0.1, 0.15) is 4.88 Å². The van der Waals surface area contributed by atoms with Gasteiger partial charge in [0.25, 0.3) is 5.91 Å². The van der Waals surface area contributed by atoms with Crippen molar-refractivity contribution in [1.29, 1.82) is 0 Å². The lowest BCUT2D eigenvalue weighted by molar-refractivity contribution is -0.135. The molecule has 2 aliphatic rings. The highest BCUT2D eigenvalue weighted by Gasteiger charge is 2.24. The molecular formula is C24H29NO5S. The van der Waals surface area contributed by atoms with Crippen molar-refractivity contribution in [2.24, 2.45) is 0 Å². The highest BCUT2D eigenvalue weighted by molar-refractivity contribution is 7.14. The van der Waals surface area contributed by atoms with Crippen molar-refractivity contribution in [3.05, 3.63) is 44.6 Å². The second kappa shape index (κ2) is 9.73. The van der Waals surface area contributed by atoms with Gasteiger partial charge < -0.3 is 19.1 Å². The fraction of sp³-hybridized carbons (Fsp3) is 0.500. The van der Waals surface area contributed by atoms with Gasteiger partial charge in [0.05, 0.1) is 14.2 Å². The maximum Gasteiger partial charge on any atom is 0.348 e. The normalized spacial score (nSPS) is 15.9. The van der Waals surface area contributed by atoms with Gasteiger partial charge >= 0.3 is 5.97 Å². The van der Waals surface area contributed by atoms with Crippen LogP contribution in [0.3, 0.4) is 0 Å². The number of amides is 1. The predicted molar refractivity (Wildman–Crippen MR) is 119 cm³/mol. The first-order valence-corrected chi connectivity index (χ1v) is 11.7. The Bertz CT molecular complexity index is 942. The number of carbonyl (C=O) groups is 2. The molecule has 166 valence electrons. The molecule has 0 bridgehead atoms. The van der Waals surface area contributed by atoms with E-state index in [0.29, 0.717) is 29.5 Å². The largest absolute Gasteiger partial charge is 0.493 e. The summed E-state index contributed by atoms with van der Waals surface area (Å²) in [6, 6.07) is 5.86. The number of hydrogen-bond acceptors (Lipinski definition) is 6. The third-order valence-electron chi connectivity index (χ3n) is 6.10. The van der Waals surface area contributed by atoms with Crippen LogP contribution in [0.25, 0.3) is 0 Å². The SMILES string of the molecule is COc1cc2c(cc1OC)CN(C(=O)COC(=O)c1cc3c(s1)CCCCCC3)CC2. The highest BCUT2D eigenvalue weighted by Crippen LogP contribution is 2.33. The van der Waals surface area contributed by atoms with E-state index in [1.165, 1.54) is 47.5 Å². The van der Waals surface area contributed by atoms with Crippen molar-refractivity contribution in [2.45, 2.75) is 51.5 Å². The van der Waals surface area contributed by atoms with Crippen LogP contribution in [-0.2, 0) is 35.3 Å². The number of rotatable bonds is 5. The Labute approximate surface area is 187 Å². The maximum absolute atomic E-state index is 12.7. The van der Waals surface area contributed by atoms with Gasteiger partial charge in [-0.3, -0.25) is 4.79 Å². The average molecular weight is 444 g/mol. The van der Waals surface area contributed by atoms with E-state index in [-0.39, 0.29) is 12.5 Å². The molecule has 0 atom stereocenters. The van der Waals surface area contributed by atoms with Gasteiger partial charge in [-0.25, -0.2) is 4.79 Å². The van der Waals surface area contributed by atoms with Crippen LogP contribution >= 0.6 is 11.3 Å². The molecule has 2 aromatic rings. The minimum absolute atomic E-state index is 0.177. The van der Waals surface area contributed by atoms with Crippen LogP contribution in [-0.4, -0.2) is 44.1 Å². The Morgan fingerprint density at radius 3 is 2.35 bits per heavy atom. The molecule has 0 saturated carbocycles. The summed E-state index contributed by atoms with van der Waals surface area (Å²) < 4.78 is 16.1. The molecule has 1 amide bonds. The molecule has 31 heavy (non-hydrogen) atoms. The van der Waals surface area contributed by atoms with Gasteiger partial charge in [0.2, 0.25) is 0 Å². The number of carbonyl (C=O) groups excluding carboxylic acids is 2. The van der Waals surface area contributed by atoms with Gasteiger partial charge in [0, 0.05) is 18.0 Å². The van der Waals surface area contributed by atoms with Crippen molar-refractivity contribution in [1.82, 2.24) is 4.90 Å². The molecule has 6 nitrogen and oxygen atoms in total. The van der Waals surface area contributed by atoms with E-state index in [1.54, 1.807) is 19.1 Å². The van der Waals surface area contributed by atoms with Crippen molar-refractivity contribution in [3.63, 3.8) is 0 Å². The Hall–Kier alpha value is -2.54. The van der Waals surface area contributed by atoms with E-state index >= 15 is 0 Å². The minimum atomic E-state index is -0.395. The molecule has 0 fully saturated rings. The summed E-state index contributed by atoms with van der Waals surface area (Å²) in [6.07, 6.45) is 7.64. The van der Waals surface area contributed by atoms with Gasteiger partial charge in [0.15, 0.2) is 18.1 Å². The second-order valence-corrected chi connectivity index (χ2v) is 9.23. The molecule has 1 aromatic heterocycles. The molecule has 0 N–H and O–H groups in total. The summed E-state index contributed by atoms with van der Waals surface area (Å²) in [6.45, 7) is 0.829. The third kappa shape index (κ3) is 4.87. The summed E-state index contributed by atoms with van der Waals surface area (Å²) >= 11 is 1.53. The van der Waals surface area contributed by atoms with E-state index in [9.17, 15) is 9.59 Å². The molecule has 0 spiro atoms. The molecule has 1 aliphatic heterocycles. The summed E-state index contributed by atoms with van der Waals surface area (Å²) in [5.74, 6) is 0.771. The highest BCUT2D eigenvalue weighted by atomic mass is 32.1. The van der Waals surface area contributed by atoms with Gasteiger partial charge in [-0.1, -0.05) is 12.8 Å². The Balaban J connectivity index is 1.36.